The number of rotatable bonds is 1. The minimum atomic E-state index is -1.06. The van der Waals surface area contributed by atoms with E-state index >= 15 is 0 Å². The molecule has 0 bridgehead atoms. The van der Waals surface area contributed by atoms with Crippen LogP contribution in [0, 0.1) is 0 Å². The van der Waals surface area contributed by atoms with E-state index in [-0.39, 0.29) is 0 Å². The molecule has 17 heavy (non-hydrogen) atoms. The number of methoxy groups -OCH3 is 1. The third-order valence-electron chi connectivity index (χ3n) is 2.98. The molecule has 1 aliphatic rings. The third kappa shape index (κ3) is 1.40. The van der Waals surface area contributed by atoms with Gasteiger partial charge in [-0.3, -0.25) is 5.21 Å². The standard InChI is InChI=1S/C12H12N2O3/c1-17-7-2-3-9-8(6-7)11-10(13-9)4-5-14(16)12(11)15/h2-6,12-13,15-16H,1H3. The first-order valence-corrected chi connectivity index (χ1v) is 5.24. The van der Waals surface area contributed by atoms with E-state index in [9.17, 15) is 10.3 Å². The molecule has 0 saturated heterocycles. The van der Waals surface area contributed by atoms with Crippen LogP contribution in [0.3, 0.4) is 0 Å². The highest BCUT2D eigenvalue weighted by Crippen LogP contribution is 2.35. The zero-order valence-electron chi connectivity index (χ0n) is 9.21. The van der Waals surface area contributed by atoms with Crippen LogP contribution in [0.1, 0.15) is 17.5 Å². The van der Waals surface area contributed by atoms with Crippen molar-refractivity contribution >= 4 is 17.0 Å². The van der Waals surface area contributed by atoms with E-state index in [1.807, 2.05) is 18.2 Å². The van der Waals surface area contributed by atoms with Gasteiger partial charge in [-0.1, -0.05) is 0 Å². The van der Waals surface area contributed by atoms with Crippen molar-refractivity contribution in [2.24, 2.45) is 0 Å². The number of fused-ring (bicyclic) bond motifs is 3. The van der Waals surface area contributed by atoms with Crippen molar-refractivity contribution < 1.29 is 15.1 Å². The van der Waals surface area contributed by atoms with Crippen LogP contribution in [0.5, 0.6) is 5.75 Å². The number of ether oxygens (including phenoxy) is 1. The summed E-state index contributed by atoms with van der Waals surface area (Å²) in [7, 11) is 1.59. The molecule has 0 amide bonds. The highest BCUT2D eigenvalue weighted by Gasteiger charge is 2.24. The van der Waals surface area contributed by atoms with Gasteiger partial charge in [-0.15, -0.1) is 0 Å². The molecule has 0 aliphatic carbocycles. The summed E-state index contributed by atoms with van der Waals surface area (Å²) in [6.07, 6.45) is 2.07. The van der Waals surface area contributed by atoms with Gasteiger partial charge >= 0.3 is 0 Å². The molecule has 5 heteroatoms. The summed E-state index contributed by atoms with van der Waals surface area (Å²) < 4.78 is 5.16. The van der Waals surface area contributed by atoms with Crippen LogP contribution < -0.4 is 4.74 Å². The van der Waals surface area contributed by atoms with Crippen molar-refractivity contribution in [1.82, 2.24) is 10.0 Å². The van der Waals surface area contributed by atoms with Gasteiger partial charge in [0.25, 0.3) is 0 Å². The lowest BCUT2D eigenvalue weighted by Crippen LogP contribution is -2.22. The minimum Gasteiger partial charge on any atom is -0.497 e. The molecule has 3 rings (SSSR count). The molecule has 3 N–H and O–H groups in total. The Labute approximate surface area is 97.5 Å². The maximum Gasteiger partial charge on any atom is 0.179 e. The van der Waals surface area contributed by atoms with Crippen molar-refractivity contribution in [2.45, 2.75) is 6.23 Å². The summed E-state index contributed by atoms with van der Waals surface area (Å²) in [6, 6.07) is 5.56. The molecule has 1 aliphatic heterocycles. The van der Waals surface area contributed by atoms with Gasteiger partial charge in [-0.05, 0) is 24.3 Å². The number of aromatic amines is 1. The van der Waals surface area contributed by atoms with Crippen molar-refractivity contribution in [3.63, 3.8) is 0 Å². The molecule has 0 spiro atoms. The topological polar surface area (TPSA) is 68.7 Å². The average Bonchev–Trinajstić information content (AvgIpc) is 2.71. The normalized spacial score (nSPS) is 18.5. The Morgan fingerprint density at radius 1 is 1.41 bits per heavy atom. The second-order valence-electron chi connectivity index (χ2n) is 3.93. The van der Waals surface area contributed by atoms with Gasteiger partial charge in [-0.2, -0.15) is 0 Å². The van der Waals surface area contributed by atoms with E-state index < -0.39 is 6.23 Å². The molecule has 1 unspecified atom stereocenters. The predicted octanol–water partition coefficient (Wildman–Crippen LogP) is 1.84. The van der Waals surface area contributed by atoms with Crippen LogP contribution >= 0.6 is 0 Å². The van der Waals surface area contributed by atoms with Crippen molar-refractivity contribution in [1.29, 1.82) is 0 Å². The SMILES string of the molecule is COc1ccc2[nH]c3c(c2c1)C(O)N(O)C=C3. The van der Waals surface area contributed by atoms with E-state index in [0.29, 0.717) is 11.3 Å². The van der Waals surface area contributed by atoms with Gasteiger partial charge < -0.3 is 14.8 Å². The van der Waals surface area contributed by atoms with Crippen LogP contribution in [0.4, 0.5) is 0 Å². The molecule has 88 valence electrons. The molecule has 0 radical (unpaired) electrons. The molecule has 1 aromatic heterocycles. The Balaban J connectivity index is 2.29. The summed E-state index contributed by atoms with van der Waals surface area (Å²) in [5.41, 5.74) is 2.35. The van der Waals surface area contributed by atoms with Crippen LogP contribution in [-0.2, 0) is 0 Å². The fourth-order valence-corrected chi connectivity index (χ4v) is 2.11. The number of benzene rings is 1. The van der Waals surface area contributed by atoms with Gasteiger partial charge in [0, 0.05) is 28.4 Å². The Morgan fingerprint density at radius 2 is 2.24 bits per heavy atom. The van der Waals surface area contributed by atoms with Crippen LogP contribution in [-0.4, -0.2) is 27.5 Å². The number of nitrogens with one attached hydrogen (secondary N) is 1. The summed E-state index contributed by atoms with van der Waals surface area (Å²) >= 11 is 0. The summed E-state index contributed by atoms with van der Waals surface area (Å²) in [5, 5.41) is 21.0. The minimum absolute atomic E-state index is 0.656. The first-order chi connectivity index (χ1) is 8.20. The third-order valence-corrected chi connectivity index (χ3v) is 2.98. The van der Waals surface area contributed by atoms with E-state index in [0.717, 1.165) is 21.7 Å². The number of nitrogens with zero attached hydrogens (tertiary/aromatic N) is 1. The predicted molar refractivity (Wildman–Crippen MR) is 62.5 cm³/mol. The summed E-state index contributed by atoms with van der Waals surface area (Å²) in [5.74, 6) is 0.713. The fraction of sp³-hybridized carbons (Fsp3) is 0.167. The molecule has 0 fully saturated rings. The molecule has 2 heterocycles. The lowest BCUT2D eigenvalue weighted by atomic mass is 10.1. The zero-order valence-corrected chi connectivity index (χ0v) is 9.21. The monoisotopic (exact) mass is 232 g/mol. The van der Waals surface area contributed by atoms with Crippen molar-refractivity contribution in [2.75, 3.05) is 7.11 Å². The average molecular weight is 232 g/mol. The van der Waals surface area contributed by atoms with Crippen LogP contribution in [0.25, 0.3) is 17.0 Å². The molecule has 0 saturated carbocycles. The molecule has 5 nitrogen and oxygen atoms in total. The highest BCUT2D eigenvalue weighted by molar-refractivity contribution is 5.89. The number of hydroxylamine groups is 2. The van der Waals surface area contributed by atoms with E-state index in [1.165, 1.54) is 6.20 Å². The lowest BCUT2D eigenvalue weighted by Gasteiger charge is -2.23. The van der Waals surface area contributed by atoms with E-state index in [4.69, 9.17) is 4.74 Å². The largest absolute Gasteiger partial charge is 0.497 e. The van der Waals surface area contributed by atoms with Gasteiger partial charge in [0.05, 0.1) is 7.11 Å². The number of aliphatic hydroxyl groups is 1. The molecule has 2 aromatic rings. The second-order valence-corrected chi connectivity index (χ2v) is 3.93. The van der Waals surface area contributed by atoms with Gasteiger partial charge in [0.1, 0.15) is 5.75 Å². The Morgan fingerprint density at radius 3 is 3.00 bits per heavy atom. The number of hydrogen-bond donors (Lipinski definition) is 3. The van der Waals surface area contributed by atoms with Gasteiger partial charge in [0.15, 0.2) is 6.23 Å². The molecular formula is C12H12N2O3. The number of aliphatic hydroxyl groups excluding tert-OH is 1. The Bertz CT molecular complexity index is 603. The lowest BCUT2D eigenvalue weighted by molar-refractivity contribution is -0.161. The number of H-pyrrole nitrogens is 1. The number of hydrogen-bond acceptors (Lipinski definition) is 4. The molecular weight excluding hydrogens is 220 g/mol. The first-order valence-electron chi connectivity index (χ1n) is 5.24. The fourth-order valence-electron chi connectivity index (χ4n) is 2.11. The summed E-state index contributed by atoms with van der Waals surface area (Å²) in [6.45, 7) is 0. The van der Waals surface area contributed by atoms with Crippen molar-refractivity contribution in [3.8, 4) is 5.75 Å². The first kappa shape index (κ1) is 10.2. The molecule has 1 aromatic carbocycles. The van der Waals surface area contributed by atoms with Gasteiger partial charge in [-0.25, -0.2) is 5.06 Å². The summed E-state index contributed by atoms with van der Waals surface area (Å²) in [4.78, 5) is 3.18. The maximum atomic E-state index is 9.94. The van der Waals surface area contributed by atoms with Crippen molar-refractivity contribution in [3.05, 3.63) is 35.7 Å². The van der Waals surface area contributed by atoms with Gasteiger partial charge in [0.2, 0.25) is 0 Å². The maximum absolute atomic E-state index is 9.94. The van der Waals surface area contributed by atoms with E-state index in [1.54, 1.807) is 13.2 Å². The zero-order chi connectivity index (χ0) is 12.0. The van der Waals surface area contributed by atoms with Crippen LogP contribution in [0.2, 0.25) is 0 Å². The van der Waals surface area contributed by atoms with E-state index in [2.05, 4.69) is 4.98 Å². The molecule has 1 atom stereocenters. The smallest absolute Gasteiger partial charge is 0.179 e. The Kier molecular flexibility index (Phi) is 2.10. The quantitative estimate of drug-likeness (QED) is 0.701. The number of aromatic nitrogens is 1. The highest BCUT2D eigenvalue weighted by atomic mass is 16.5. The van der Waals surface area contributed by atoms with Crippen LogP contribution in [0.15, 0.2) is 24.4 Å². The second kappa shape index (κ2) is 3.51. The Hall–Kier alpha value is -1.98.